The van der Waals surface area contributed by atoms with Gasteiger partial charge in [-0.05, 0) is 36.4 Å². The number of nitrogens with zero attached hydrogens (tertiary/aromatic N) is 1. The Bertz CT molecular complexity index is 761. The van der Waals surface area contributed by atoms with Crippen molar-refractivity contribution < 1.29 is 14.3 Å². The third-order valence-corrected chi connectivity index (χ3v) is 4.46. The smallest absolute Gasteiger partial charge is 0.251 e. The number of nitrogens with one attached hydrogen (secondary N) is 1. The van der Waals surface area contributed by atoms with Crippen molar-refractivity contribution >= 4 is 33.4 Å². The summed E-state index contributed by atoms with van der Waals surface area (Å²) in [4.78, 5) is 26.2. The fraction of sp³-hybridized carbons (Fsp3) is 0.222. The average molecular weight is 389 g/mol. The molecule has 0 unspecified atom stereocenters. The Morgan fingerprint density at radius 3 is 2.71 bits per heavy atom. The van der Waals surface area contributed by atoms with Gasteiger partial charge >= 0.3 is 0 Å². The molecule has 0 aromatic heterocycles. The molecule has 5 nitrogen and oxygen atoms in total. The fourth-order valence-corrected chi connectivity index (χ4v) is 2.97. The molecular formula is C18H17BrN2O3. The lowest BCUT2D eigenvalue weighted by Gasteiger charge is -2.18. The van der Waals surface area contributed by atoms with Crippen molar-refractivity contribution in [1.29, 1.82) is 0 Å². The van der Waals surface area contributed by atoms with Crippen molar-refractivity contribution in [1.82, 2.24) is 5.32 Å². The van der Waals surface area contributed by atoms with Gasteiger partial charge in [0.25, 0.3) is 5.91 Å². The standard InChI is InChI=1S/C18H17BrN2O3/c1-24-16-4-2-3-15(10-16)21-11-14(9-17(21)22)20-18(23)12-5-7-13(19)8-6-12/h2-8,10,14H,9,11H2,1H3,(H,20,23)/t14-/m1/s1. The second-order valence-electron chi connectivity index (χ2n) is 5.59. The lowest BCUT2D eigenvalue weighted by molar-refractivity contribution is -0.117. The van der Waals surface area contributed by atoms with E-state index in [4.69, 9.17) is 4.74 Å². The van der Waals surface area contributed by atoms with Crippen LogP contribution in [-0.2, 0) is 4.79 Å². The molecule has 0 bridgehead atoms. The summed E-state index contributed by atoms with van der Waals surface area (Å²) in [6.45, 7) is 0.453. The van der Waals surface area contributed by atoms with Crippen LogP contribution in [0.5, 0.6) is 5.75 Å². The number of amides is 2. The topological polar surface area (TPSA) is 58.6 Å². The van der Waals surface area contributed by atoms with Gasteiger partial charge in [-0.25, -0.2) is 0 Å². The highest BCUT2D eigenvalue weighted by Gasteiger charge is 2.31. The Morgan fingerprint density at radius 2 is 2.00 bits per heavy atom. The maximum atomic E-state index is 12.3. The van der Waals surface area contributed by atoms with Crippen molar-refractivity contribution in [3.8, 4) is 5.75 Å². The monoisotopic (exact) mass is 388 g/mol. The summed E-state index contributed by atoms with van der Waals surface area (Å²) in [5.41, 5.74) is 1.35. The number of halogens is 1. The van der Waals surface area contributed by atoms with Gasteiger partial charge in [0.15, 0.2) is 0 Å². The van der Waals surface area contributed by atoms with Crippen LogP contribution in [-0.4, -0.2) is 31.5 Å². The number of carbonyl (C=O) groups is 2. The first kappa shape index (κ1) is 16.5. The molecule has 2 aromatic carbocycles. The molecule has 0 saturated carbocycles. The highest BCUT2D eigenvalue weighted by molar-refractivity contribution is 9.10. The number of hydrogen-bond acceptors (Lipinski definition) is 3. The van der Waals surface area contributed by atoms with Gasteiger partial charge in [-0.15, -0.1) is 0 Å². The summed E-state index contributed by atoms with van der Waals surface area (Å²) >= 11 is 3.34. The summed E-state index contributed by atoms with van der Waals surface area (Å²) in [6.07, 6.45) is 0.291. The SMILES string of the molecule is COc1cccc(N2C[C@H](NC(=O)c3ccc(Br)cc3)CC2=O)c1. The highest BCUT2D eigenvalue weighted by Crippen LogP contribution is 2.25. The van der Waals surface area contributed by atoms with Crippen LogP contribution in [0.3, 0.4) is 0 Å². The van der Waals surface area contributed by atoms with Gasteiger partial charge in [0, 0.05) is 34.8 Å². The average Bonchev–Trinajstić information content (AvgIpc) is 2.95. The van der Waals surface area contributed by atoms with Gasteiger partial charge in [-0.1, -0.05) is 22.0 Å². The first-order valence-corrected chi connectivity index (χ1v) is 8.37. The molecule has 1 heterocycles. The fourth-order valence-electron chi connectivity index (χ4n) is 2.70. The van der Waals surface area contributed by atoms with E-state index in [0.717, 1.165) is 10.2 Å². The van der Waals surface area contributed by atoms with Gasteiger partial charge in [0.1, 0.15) is 5.75 Å². The third kappa shape index (κ3) is 3.59. The van der Waals surface area contributed by atoms with Gasteiger partial charge in [0.2, 0.25) is 5.91 Å². The summed E-state index contributed by atoms with van der Waals surface area (Å²) < 4.78 is 6.11. The number of carbonyl (C=O) groups excluding carboxylic acids is 2. The molecule has 0 radical (unpaired) electrons. The molecule has 6 heteroatoms. The van der Waals surface area contributed by atoms with Crippen LogP contribution in [0.25, 0.3) is 0 Å². The largest absolute Gasteiger partial charge is 0.497 e. The van der Waals surface area contributed by atoms with Crippen LogP contribution in [0.2, 0.25) is 0 Å². The van der Waals surface area contributed by atoms with Crippen LogP contribution < -0.4 is 15.0 Å². The number of methoxy groups -OCH3 is 1. The number of hydrogen-bond donors (Lipinski definition) is 1. The van der Waals surface area contributed by atoms with E-state index in [-0.39, 0.29) is 17.9 Å². The molecule has 1 saturated heterocycles. The van der Waals surface area contributed by atoms with Crippen LogP contribution in [0.1, 0.15) is 16.8 Å². The highest BCUT2D eigenvalue weighted by atomic mass is 79.9. The zero-order valence-electron chi connectivity index (χ0n) is 13.2. The minimum absolute atomic E-state index is 0.00985. The van der Waals surface area contributed by atoms with E-state index in [1.807, 2.05) is 36.4 Å². The summed E-state index contributed by atoms with van der Waals surface area (Å²) in [5, 5.41) is 2.93. The zero-order valence-corrected chi connectivity index (χ0v) is 14.7. The number of benzene rings is 2. The lowest BCUT2D eigenvalue weighted by atomic mass is 10.2. The maximum absolute atomic E-state index is 12.3. The lowest BCUT2D eigenvalue weighted by Crippen LogP contribution is -2.37. The molecule has 0 spiro atoms. The molecule has 1 fully saturated rings. The first-order valence-electron chi connectivity index (χ1n) is 7.57. The number of rotatable bonds is 4. The number of anilines is 1. The van der Waals surface area contributed by atoms with Gasteiger partial charge in [-0.3, -0.25) is 9.59 Å². The second-order valence-corrected chi connectivity index (χ2v) is 6.50. The van der Waals surface area contributed by atoms with E-state index >= 15 is 0 Å². The van der Waals surface area contributed by atoms with Crippen molar-refractivity contribution in [2.24, 2.45) is 0 Å². The molecular weight excluding hydrogens is 372 g/mol. The molecule has 0 aliphatic carbocycles. The molecule has 124 valence electrons. The molecule has 24 heavy (non-hydrogen) atoms. The predicted molar refractivity (Wildman–Crippen MR) is 95.4 cm³/mol. The van der Waals surface area contributed by atoms with E-state index in [0.29, 0.717) is 24.3 Å². The molecule has 1 atom stereocenters. The predicted octanol–water partition coefficient (Wildman–Crippen LogP) is 2.99. The van der Waals surface area contributed by atoms with E-state index in [9.17, 15) is 9.59 Å². The van der Waals surface area contributed by atoms with Crippen molar-refractivity contribution in [2.75, 3.05) is 18.6 Å². The maximum Gasteiger partial charge on any atom is 0.251 e. The van der Waals surface area contributed by atoms with Crippen molar-refractivity contribution in [2.45, 2.75) is 12.5 Å². The van der Waals surface area contributed by atoms with Crippen LogP contribution in [0.4, 0.5) is 5.69 Å². The van der Waals surface area contributed by atoms with E-state index in [2.05, 4.69) is 21.2 Å². The Balaban J connectivity index is 1.68. The van der Waals surface area contributed by atoms with Gasteiger partial charge in [-0.2, -0.15) is 0 Å². The summed E-state index contributed by atoms with van der Waals surface area (Å²) in [7, 11) is 1.59. The van der Waals surface area contributed by atoms with E-state index < -0.39 is 0 Å². The Morgan fingerprint density at radius 1 is 1.25 bits per heavy atom. The minimum Gasteiger partial charge on any atom is -0.497 e. The van der Waals surface area contributed by atoms with Crippen LogP contribution in [0.15, 0.2) is 53.0 Å². The first-order chi connectivity index (χ1) is 11.6. The Labute approximate surface area is 148 Å². The van der Waals surface area contributed by atoms with Crippen molar-refractivity contribution in [3.05, 3.63) is 58.6 Å². The van der Waals surface area contributed by atoms with Gasteiger partial charge in [0.05, 0.1) is 13.2 Å². The summed E-state index contributed by atoms with van der Waals surface area (Å²) in [6, 6.07) is 14.3. The van der Waals surface area contributed by atoms with Crippen LogP contribution in [0, 0.1) is 0 Å². The minimum atomic E-state index is -0.208. The molecule has 2 amide bonds. The summed E-state index contributed by atoms with van der Waals surface area (Å²) in [5.74, 6) is 0.514. The normalized spacial score (nSPS) is 17.0. The zero-order chi connectivity index (χ0) is 17.1. The Kier molecular flexibility index (Phi) is 4.85. The molecule has 3 rings (SSSR count). The molecule has 2 aromatic rings. The second kappa shape index (κ2) is 7.05. The van der Waals surface area contributed by atoms with Crippen molar-refractivity contribution in [3.63, 3.8) is 0 Å². The third-order valence-electron chi connectivity index (χ3n) is 3.93. The van der Waals surface area contributed by atoms with E-state index in [1.54, 1.807) is 24.1 Å². The molecule has 1 aliphatic heterocycles. The number of ether oxygens (including phenoxy) is 1. The van der Waals surface area contributed by atoms with Gasteiger partial charge < -0.3 is 15.0 Å². The molecule has 1 aliphatic rings. The van der Waals surface area contributed by atoms with Crippen LogP contribution >= 0.6 is 15.9 Å². The molecule has 1 N–H and O–H groups in total. The van der Waals surface area contributed by atoms with E-state index in [1.165, 1.54) is 0 Å². The Hall–Kier alpha value is -2.34. The quantitative estimate of drug-likeness (QED) is 0.875.